The van der Waals surface area contributed by atoms with Crippen molar-refractivity contribution in [2.45, 2.75) is 13.0 Å². The lowest BCUT2D eigenvalue weighted by atomic mass is 10.1. The summed E-state index contributed by atoms with van der Waals surface area (Å²) < 4.78 is 5.86. The van der Waals surface area contributed by atoms with E-state index in [1.54, 1.807) is 0 Å². The van der Waals surface area contributed by atoms with E-state index in [1.165, 1.54) is 11.1 Å². The van der Waals surface area contributed by atoms with Crippen LogP contribution in [0.3, 0.4) is 0 Å². The van der Waals surface area contributed by atoms with Crippen LogP contribution in [0.25, 0.3) is 0 Å². The Kier molecular flexibility index (Phi) is 5.75. The Bertz CT molecular complexity index is 756. The minimum atomic E-state index is 0.578. The minimum Gasteiger partial charge on any atom is -0.489 e. The van der Waals surface area contributed by atoms with Gasteiger partial charge in [-0.2, -0.15) is 0 Å². The van der Waals surface area contributed by atoms with Crippen LogP contribution in [0.1, 0.15) is 11.1 Å². The van der Waals surface area contributed by atoms with Gasteiger partial charge in [-0.25, -0.2) is 0 Å². The highest BCUT2D eigenvalue weighted by Crippen LogP contribution is 2.19. The van der Waals surface area contributed by atoms with Crippen molar-refractivity contribution in [1.29, 1.82) is 0 Å². The number of nitrogens with one attached hydrogen (secondary N) is 1. The molecule has 0 aliphatic rings. The van der Waals surface area contributed by atoms with Crippen LogP contribution in [0.5, 0.6) is 5.75 Å². The smallest absolute Gasteiger partial charge is 0.121 e. The van der Waals surface area contributed by atoms with E-state index in [9.17, 15) is 0 Å². The van der Waals surface area contributed by atoms with Gasteiger partial charge in [0, 0.05) is 23.3 Å². The van der Waals surface area contributed by atoms with Crippen molar-refractivity contribution < 1.29 is 4.74 Å². The van der Waals surface area contributed by atoms with Gasteiger partial charge in [-0.3, -0.25) is 0 Å². The summed E-state index contributed by atoms with van der Waals surface area (Å²) in [5, 5.41) is 4.21. The molecule has 0 saturated carbocycles. The Labute approximate surface area is 148 Å². The molecule has 1 N–H and O–H groups in total. The molecule has 0 bridgehead atoms. The Morgan fingerprint density at radius 1 is 0.792 bits per heavy atom. The third-order valence-corrected chi connectivity index (χ3v) is 3.99. The van der Waals surface area contributed by atoms with Gasteiger partial charge in [0.05, 0.1) is 0 Å². The number of rotatable bonds is 7. The first-order valence-corrected chi connectivity index (χ1v) is 8.42. The zero-order valence-corrected chi connectivity index (χ0v) is 14.2. The molecule has 0 aromatic heterocycles. The summed E-state index contributed by atoms with van der Waals surface area (Å²) in [5.74, 6) is 0.871. The number of halogens is 1. The second-order valence-electron chi connectivity index (χ2n) is 5.61. The van der Waals surface area contributed by atoms with E-state index in [-0.39, 0.29) is 0 Å². The number of hydrogen-bond acceptors (Lipinski definition) is 2. The highest BCUT2D eigenvalue weighted by molar-refractivity contribution is 6.30. The van der Waals surface area contributed by atoms with Gasteiger partial charge in [0.1, 0.15) is 12.4 Å². The van der Waals surface area contributed by atoms with Gasteiger partial charge in [-0.15, -0.1) is 0 Å². The van der Waals surface area contributed by atoms with Crippen molar-refractivity contribution in [2.75, 3.05) is 11.9 Å². The van der Waals surface area contributed by atoms with Crippen LogP contribution in [-0.4, -0.2) is 6.54 Å². The molecule has 122 valence electrons. The number of hydrogen-bond donors (Lipinski definition) is 1. The van der Waals surface area contributed by atoms with E-state index in [0.29, 0.717) is 6.61 Å². The molecule has 0 spiro atoms. The Morgan fingerprint density at radius 2 is 1.58 bits per heavy atom. The van der Waals surface area contributed by atoms with Gasteiger partial charge in [0.2, 0.25) is 0 Å². The Balaban J connectivity index is 1.50. The first kappa shape index (κ1) is 16.4. The van der Waals surface area contributed by atoms with Gasteiger partial charge in [0.25, 0.3) is 0 Å². The van der Waals surface area contributed by atoms with E-state index in [2.05, 4.69) is 35.6 Å². The van der Waals surface area contributed by atoms with E-state index < -0.39 is 0 Å². The molecule has 24 heavy (non-hydrogen) atoms. The molecule has 0 unspecified atom stereocenters. The summed E-state index contributed by atoms with van der Waals surface area (Å²) >= 11 is 5.90. The number of anilines is 1. The van der Waals surface area contributed by atoms with Crippen molar-refractivity contribution in [1.82, 2.24) is 0 Å². The van der Waals surface area contributed by atoms with Crippen LogP contribution in [0.4, 0.5) is 5.69 Å². The van der Waals surface area contributed by atoms with Crippen LogP contribution < -0.4 is 10.1 Å². The van der Waals surface area contributed by atoms with E-state index in [0.717, 1.165) is 29.4 Å². The van der Waals surface area contributed by atoms with E-state index >= 15 is 0 Å². The largest absolute Gasteiger partial charge is 0.489 e. The molecule has 0 radical (unpaired) electrons. The summed E-state index contributed by atoms with van der Waals surface area (Å²) in [6.45, 7) is 1.44. The van der Waals surface area contributed by atoms with Crippen molar-refractivity contribution in [3.8, 4) is 5.75 Å². The summed E-state index contributed by atoms with van der Waals surface area (Å²) in [5.41, 5.74) is 3.50. The maximum absolute atomic E-state index is 5.90. The quantitative estimate of drug-likeness (QED) is 0.608. The maximum atomic E-state index is 5.90. The molecular formula is C21H20ClNO. The molecule has 3 aromatic rings. The van der Waals surface area contributed by atoms with Gasteiger partial charge < -0.3 is 10.1 Å². The third-order valence-electron chi connectivity index (χ3n) is 3.74. The van der Waals surface area contributed by atoms with Crippen LogP contribution >= 0.6 is 11.6 Å². The average molecular weight is 338 g/mol. The SMILES string of the molecule is Clc1ccc(CCNc2cccc(OCc3ccccc3)c2)cc1. The first-order chi connectivity index (χ1) is 11.8. The summed E-state index contributed by atoms with van der Waals surface area (Å²) in [4.78, 5) is 0. The molecule has 0 heterocycles. The molecular weight excluding hydrogens is 318 g/mol. The second-order valence-corrected chi connectivity index (χ2v) is 6.04. The molecule has 0 amide bonds. The fourth-order valence-corrected chi connectivity index (χ4v) is 2.56. The third kappa shape index (κ3) is 5.04. The maximum Gasteiger partial charge on any atom is 0.121 e. The number of ether oxygens (including phenoxy) is 1. The van der Waals surface area contributed by atoms with Gasteiger partial charge in [-0.1, -0.05) is 60.1 Å². The Hall–Kier alpha value is -2.45. The topological polar surface area (TPSA) is 21.3 Å². The van der Waals surface area contributed by atoms with Gasteiger partial charge in [0.15, 0.2) is 0 Å². The lowest BCUT2D eigenvalue weighted by Gasteiger charge is -2.10. The van der Waals surface area contributed by atoms with Crippen LogP contribution in [-0.2, 0) is 13.0 Å². The van der Waals surface area contributed by atoms with Crippen LogP contribution in [0, 0.1) is 0 Å². The van der Waals surface area contributed by atoms with Gasteiger partial charge >= 0.3 is 0 Å². The number of benzene rings is 3. The van der Waals surface area contributed by atoms with E-state index in [1.807, 2.05) is 48.5 Å². The standard InChI is InChI=1S/C21H20ClNO/c22-19-11-9-17(10-12-19)13-14-23-20-7-4-8-21(15-20)24-16-18-5-2-1-3-6-18/h1-12,15,23H,13-14,16H2. The molecule has 0 saturated heterocycles. The molecule has 3 rings (SSSR count). The minimum absolute atomic E-state index is 0.578. The fraction of sp³-hybridized carbons (Fsp3) is 0.143. The molecule has 0 aliphatic heterocycles. The monoisotopic (exact) mass is 337 g/mol. The Morgan fingerprint density at radius 3 is 2.38 bits per heavy atom. The van der Waals surface area contributed by atoms with Crippen molar-refractivity contribution in [3.05, 3.63) is 95.0 Å². The molecule has 3 heteroatoms. The molecule has 2 nitrogen and oxygen atoms in total. The second kappa shape index (κ2) is 8.42. The van der Waals surface area contributed by atoms with Crippen LogP contribution in [0.2, 0.25) is 5.02 Å². The fourth-order valence-electron chi connectivity index (χ4n) is 2.44. The predicted octanol–water partition coefficient (Wildman–Crippen LogP) is 5.57. The normalized spacial score (nSPS) is 10.4. The summed E-state index contributed by atoms with van der Waals surface area (Å²) in [6.07, 6.45) is 0.951. The first-order valence-electron chi connectivity index (χ1n) is 8.05. The average Bonchev–Trinajstić information content (AvgIpc) is 2.63. The zero-order valence-electron chi connectivity index (χ0n) is 13.4. The van der Waals surface area contributed by atoms with E-state index in [4.69, 9.17) is 16.3 Å². The molecule has 0 fully saturated rings. The predicted molar refractivity (Wildman–Crippen MR) is 101 cm³/mol. The summed E-state index contributed by atoms with van der Waals surface area (Å²) in [7, 11) is 0. The zero-order chi connectivity index (χ0) is 16.6. The molecule has 3 aromatic carbocycles. The molecule has 0 aliphatic carbocycles. The lowest BCUT2D eigenvalue weighted by Crippen LogP contribution is -2.05. The van der Waals surface area contributed by atoms with Crippen molar-refractivity contribution in [3.63, 3.8) is 0 Å². The summed E-state index contributed by atoms with van der Waals surface area (Å²) in [6, 6.07) is 26.2. The highest BCUT2D eigenvalue weighted by Gasteiger charge is 1.99. The van der Waals surface area contributed by atoms with Crippen molar-refractivity contribution >= 4 is 17.3 Å². The highest BCUT2D eigenvalue weighted by atomic mass is 35.5. The molecule has 0 atom stereocenters. The van der Waals surface area contributed by atoms with Gasteiger partial charge in [-0.05, 0) is 41.8 Å². The van der Waals surface area contributed by atoms with Crippen molar-refractivity contribution in [2.24, 2.45) is 0 Å². The van der Waals surface area contributed by atoms with Crippen LogP contribution in [0.15, 0.2) is 78.9 Å². The lowest BCUT2D eigenvalue weighted by molar-refractivity contribution is 0.306.